The number of carbonyl (C=O) groups is 1. The first-order valence-electron chi connectivity index (χ1n) is 6.23. The first kappa shape index (κ1) is 16.0. The minimum absolute atomic E-state index is 0.0878. The number of hydrogen-bond donors (Lipinski definition) is 2. The largest absolute Gasteiger partial charge is 0.360 e. The summed E-state index contributed by atoms with van der Waals surface area (Å²) in [6, 6.07) is 3.35. The van der Waals surface area contributed by atoms with E-state index in [-0.39, 0.29) is 27.7 Å². The van der Waals surface area contributed by atoms with Crippen molar-refractivity contribution in [3.8, 4) is 0 Å². The lowest BCUT2D eigenvalue weighted by Gasteiger charge is -2.12. The van der Waals surface area contributed by atoms with Gasteiger partial charge in [-0.3, -0.25) is 9.52 Å². The van der Waals surface area contributed by atoms with Gasteiger partial charge in [-0.05, 0) is 26.0 Å². The quantitative estimate of drug-likeness (QED) is 0.896. The van der Waals surface area contributed by atoms with Gasteiger partial charge >= 0.3 is 0 Å². The summed E-state index contributed by atoms with van der Waals surface area (Å²) >= 11 is 0. The number of nitrogens with one attached hydrogen (secondary N) is 2. The second-order valence-electron chi connectivity index (χ2n) is 4.63. The van der Waals surface area contributed by atoms with Crippen LogP contribution in [0.15, 0.2) is 27.6 Å². The monoisotopic (exact) mass is 327 g/mol. The van der Waals surface area contributed by atoms with E-state index in [2.05, 4.69) is 15.2 Å². The van der Waals surface area contributed by atoms with Crippen LogP contribution in [-0.2, 0) is 14.8 Å². The van der Waals surface area contributed by atoms with Crippen LogP contribution in [0.25, 0.3) is 0 Å². The van der Waals surface area contributed by atoms with Crippen LogP contribution in [-0.4, -0.2) is 19.5 Å². The third-order valence-corrected chi connectivity index (χ3v) is 4.38. The van der Waals surface area contributed by atoms with Gasteiger partial charge in [0.25, 0.3) is 10.0 Å². The molecule has 1 aromatic heterocycles. The van der Waals surface area contributed by atoms with Crippen LogP contribution in [0, 0.1) is 19.7 Å². The molecule has 2 rings (SSSR count). The zero-order valence-electron chi connectivity index (χ0n) is 12.1. The molecule has 7 nitrogen and oxygen atoms in total. The Labute approximate surface area is 126 Å². The highest BCUT2D eigenvalue weighted by molar-refractivity contribution is 7.92. The molecule has 2 aromatic rings. The van der Waals surface area contributed by atoms with E-state index in [4.69, 9.17) is 4.52 Å². The summed E-state index contributed by atoms with van der Waals surface area (Å²) in [5.74, 6) is -0.947. The standard InChI is InChI=1S/C13H14FN3O4S/c1-7-13(8(2)21-16-7)22(19,20)17-12-6-10(14)4-5-11(12)15-9(3)18/h4-6,17H,1-3H3,(H,15,18). The van der Waals surface area contributed by atoms with Gasteiger partial charge in [0, 0.05) is 13.0 Å². The normalized spacial score (nSPS) is 11.3. The number of halogens is 1. The molecule has 1 aromatic carbocycles. The fraction of sp³-hybridized carbons (Fsp3) is 0.231. The number of anilines is 2. The van der Waals surface area contributed by atoms with E-state index >= 15 is 0 Å². The summed E-state index contributed by atoms with van der Waals surface area (Å²) in [7, 11) is -4.03. The molecule has 0 spiro atoms. The highest BCUT2D eigenvalue weighted by atomic mass is 32.2. The maximum atomic E-state index is 13.4. The van der Waals surface area contributed by atoms with Crippen LogP contribution >= 0.6 is 0 Å². The number of amides is 1. The summed E-state index contributed by atoms with van der Waals surface area (Å²) in [4.78, 5) is 11.0. The fourth-order valence-corrected chi connectivity index (χ4v) is 3.36. The molecule has 0 atom stereocenters. The van der Waals surface area contributed by atoms with Crippen molar-refractivity contribution in [1.29, 1.82) is 0 Å². The Bertz CT molecular complexity index is 810. The van der Waals surface area contributed by atoms with Crippen LogP contribution in [0.5, 0.6) is 0 Å². The van der Waals surface area contributed by atoms with E-state index in [0.717, 1.165) is 12.1 Å². The summed E-state index contributed by atoms with van der Waals surface area (Å²) in [6.45, 7) is 4.19. The van der Waals surface area contributed by atoms with Gasteiger partial charge in [-0.25, -0.2) is 12.8 Å². The number of rotatable bonds is 4. The van der Waals surface area contributed by atoms with Gasteiger partial charge in [0.15, 0.2) is 10.7 Å². The Hall–Kier alpha value is -2.42. The van der Waals surface area contributed by atoms with Crippen molar-refractivity contribution < 1.29 is 22.1 Å². The first-order valence-corrected chi connectivity index (χ1v) is 7.72. The predicted molar refractivity (Wildman–Crippen MR) is 77.5 cm³/mol. The van der Waals surface area contributed by atoms with Crippen LogP contribution in [0.4, 0.5) is 15.8 Å². The predicted octanol–water partition coefficient (Wildman–Crippen LogP) is 2.19. The van der Waals surface area contributed by atoms with Crippen molar-refractivity contribution in [3.05, 3.63) is 35.5 Å². The fourth-order valence-electron chi connectivity index (χ4n) is 1.95. The Kier molecular flexibility index (Phi) is 4.18. The molecule has 0 unspecified atom stereocenters. The Balaban J connectivity index is 2.46. The summed E-state index contributed by atoms with van der Waals surface area (Å²) in [5.41, 5.74) is 0.238. The van der Waals surface area contributed by atoms with Crippen molar-refractivity contribution in [3.63, 3.8) is 0 Å². The number of benzene rings is 1. The third-order valence-electron chi connectivity index (χ3n) is 2.77. The maximum absolute atomic E-state index is 13.4. The lowest BCUT2D eigenvalue weighted by Crippen LogP contribution is -2.17. The second kappa shape index (κ2) is 5.76. The van der Waals surface area contributed by atoms with Gasteiger partial charge in [-0.15, -0.1) is 0 Å². The van der Waals surface area contributed by atoms with Crippen LogP contribution < -0.4 is 10.0 Å². The SMILES string of the molecule is CC(=O)Nc1ccc(F)cc1NS(=O)(=O)c1c(C)noc1C. The van der Waals surface area contributed by atoms with E-state index in [1.54, 1.807) is 0 Å². The van der Waals surface area contributed by atoms with Crippen molar-refractivity contribution in [1.82, 2.24) is 5.16 Å². The summed E-state index contributed by atoms with van der Waals surface area (Å²) in [5, 5.41) is 6.00. The van der Waals surface area contributed by atoms with E-state index in [1.807, 2.05) is 0 Å². The average molecular weight is 327 g/mol. The van der Waals surface area contributed by atoms with Crippen molar-refractivity contribution >= 4 is 27.3 Å². The number of aryl methyl sites for hydroxylation is 2. The van der Waals surface area contributed by atoms with Crippen LogP contribution in [0.1, 0.15) is 18.4 Å². The Morgan fingerprint density at radius 3 is 2.50 bits per heavy atom. The van der Waals surface area contributed by atoms with Crippen molar-refractivity contribution in [2.24, 2.45) is 0 Å². The zero-order chi connectivity index (χ0) is 16.5. The van der Waals surface area contributed by atoms with E-state index < -0.39 is 21.7 Å². The molecule has 0 bridgehead atoms. The van der Waals surface area contributed by atoms with Crippen LogP contribution in [0.2, 0.25) is 0 Å². The molecule has 0 saturated heterocycles. The molecule has 1 heterocycles. The number of nitrogens with zero attached hydrogens (tertiary/aromatic N) is 1. The van der Waals surface area contributed by atoms with Crippen LogP contribution in [0.3, 0.4) is 0 Å². The molecular formula is C13H14FN3O4S. The van der Waals surface area contributed by atoms with Gasteiger partial charge in [0.2, 0.25) is 5.91 Å². The van der Waals surface area contributed by atoms with Crippen molar-refractivity contribution in [2.75, 3.05) is 10.0 Å². The molecule has 0 aliphatic rings. The average Bonchev–Trinajstić information content (AvgIpc) is 2.72. The molecule has 0 fully saturated rings. The minimum atomic E-state index is -4.03. The molecule has 0 aliphatic carbocycles. The van der Waals surface area contributed by atoms with Crippen molar-refractivity contribution in [2.45, 2.75) is 25.7 Å². The molecule has 1 amide bonds. The maximum Gasteiger partial charge on any atom is 0.267 e. The lowest BCUT2D eigenvalue weighted by molar-refractivity contribution is -0.114. The molecule has 0 aliphatic heterocycles. The smallest absolute Gasteiger partial charge is 0.267 e. The molecule has 0 radical (unpaired) electrons. The van der Waals surface area contributed by atoms with E-state index in [9.17, 15) is 17.6 Å². The van der Waals surface area contributed by atoms with E-state index in [1.165, 1.54) is 26.8 Å². The zero-order valence-corrected chi connectivity index (χ0v) is 12.9. The highest BCUT2D eigenvalue weighted by Gasteiger charge is 2.25. The highest BCUT2D eigenvalue weighted by Crippen LogP contribution is 2.28. The van der Waals surface area contributed by atoms with Gasteiger partial charge < -0.3 is 9.84 Å². The Morgan fingerprint density at radius 1 is 1.27 bits per heavy atom. The molecule has 118 valence electrons. The first-order chi connectivity index (χ1) is 10.2. The molecule has 0 saturated carbocycles. The van der Waals surface area contributed by atoms with Gasteiger partial charge in [-0.1, -0.05) is 5.16 Å². The molecular weight excluding hydrogens is 313 g/mol. The Morgan fingerprint density at radius 2 is 1.95 bits per heavy atom. The van der Waals surface area contributed by atoms with E-state index in [0.29, 0.717) is 0 Å². The summed E-state index contributed by atoms with van der Waals surface area (Å²) < 4.78 is 45.3. The number of carbonyl (C=O) groups excluding carboxylic acids is 1. The van der Waals surface area contributed by atoms with Gasteiger partial charge in [0.05, 0.1) is 11.4 Å². The molecule has 22 heavy (non-hydrogen) atoms. The number of sulfonamides is 1. The third kappa shape index (κ3) is 3.25. The summed E-state index contributed by atoms with van der Waals surface area (Å²) in [6.07, 6.45) is 0. The number of hydrogen-bond acceptors (Lipinski definition) is 5. The number of aromatic nitrogens is 1. The van der Waals surface area contributed by atoms with Gasteiger partial charge in [0.1, 0.15) is 11.5 Å². The topological polar surface area (TPSA) is 101 Å². The molecule has 2 N–H and O–H groups in total. The lowest BCUT2D eigenvalue weighted by atomic mass is 10.2. The minimum Gasteiger partial charge on any atom is -0.360 e. The second-order valence-corrected chi connectivity index (χ2v) is 6.25. The van der Waals surface area contributed by atoms with Gasteiger partial charge in [-0.2, -0.15) is 0 Å². The molecule has 9 heteroatoms.